The molecule has 1 aliphatic heterocycles. The maximum absolute atomic E-state index is 3.61. The largest absolute Gasteiger partial charge is 0.315 e. The minimum absolute atomic E-state index is 0.461. The van der Waals surface area contributed by atoms with Crippen molar-refractivity contribution >= 4 is 0 Å². The molecule has 0 radical (unpaired) electrons. The molecule has 0 spiro atoms. The average Bonchev–Trinajstić information content (AvgIpc) is 2.35. The maximum atomic E-state index is 3.61. The number of hydrogen-bond donors (Lipinski definition) is 1. The van der Waals surface area contributed by atoms with Crippen LogP contribution in [0.5, 0.6) is 0 Å². The van der Waals surface area contributed by atoms with Crippen LogP contribution in [0.1, 0.15) is 66.7 Å². The highest BCUT2D eigenvalue weighted by molar-refractivity contribution is 4.96. The molecule has 0 amide bonds. The molecule has 0 bridgehead atoms. The van der Waals surface area contributed by atoms with Crippen molar-refractivity contribution in [2.45, 2.75) is 78.8 Å². The Hall–Kier alpha value is -0.0800. The van der Waals surface area contributed by atoms with Gasteiger partial charge in [0.05, 0.1) is 0 Å². The molecule has 3 unspecified atom stereocenters. The lowest BCUT2D eigenvalue weighted by atomic mass is 9.68. The van der Waals surface area contributed by atoms with E-state index < -0.39 is 0 Å². The summed E-state index contributed by atoms with van der Waals surface area (Å²) >= 11 is 0. The molecule has 0 aromatic rings. The molecular weight excluding hydrogens is 244 g/mol. The zero-order chi connectivity index (χ0) is 15.0. The first-order valence-electron chi connectivity index (χ1n) is 8.64. The molecule has 2 fully saturated rings. The lowest BCUT2D eigenvalue weighted by Crippen LogP contribution is -2.57. The van der Waals surface area contributed by atoms with Crippen LogP contribution in [0.3, 0.4) is 0 Å². The molecule has 1 saturated heterocycles. The zero-order valence-electron chi connectivity index (χ0n) is 14.6. The van der Waals surface area contributed by atoms with Gasteiger partial charge in [0, 0.05) is 18.6 Å². The Labute approximate surface area is 126 Å². The third kappa shape index (κ3) is 3.76. The lowest BCUT2D eigenvalue weighted by molar-refractivity contribution is 0.0154. The molecule has 2 heteroatoms. The summed E-state index contributed by atoms with van der Waals surface area (Å²) in [6, 6.07) is 1.44. The fourth-order valence-corrected chi connectivity index (χ4v) is 4.43. The first kappa shape index (κ1) is 16.3. The lowest BCUT2D eigenvalue weighted by Gasteiger charge is -2.50. The SMILES string of the molecule is CNC1CCC(C(C)(C)C)CC1N1CCCC(C)(C)C1. The molecule has 118 valence electrons. The van der Waals surface area contributed by atoms with Crippen LogP contribution in [0.25, 0.3) is 0 Å². The highest BCUT2D eigenvalue weighted by Gasteiger charge is 2.40. The second-order valence-corrected chi connectivity index (χ2v) is 9.08. The number of likely N-dealkylation sites (tertiary alicyclic amines) is 1. The molecule has 0 aromatic heterocycles. The van der Waals surface area contributed by atoms with Gasteiger partial charge < -0.3 is 5.32 Å². The summed E-state index contributed by atoms with van der Waals surface area (Å²) in [6.07, 6.45) is 6.89. The normalized spacial score (nSPS) is 36.0. The Kier molecular flexibility index (Phi) is 4.86. The van der Waals surface area contributed by atoms with Gasteiger partial charge in [0.1, 0.15) is 0 Å². The number of likely N-dealkylation sites (N-methyl/N-ethyl adjacent to an activating group) is 1. The van der Waals surface area contributed by atoms with Crippen molar-refractivity contribution in [3.8, 4) is 0 Å². The van der Waals surface area contributed by atoms with E-state index in [1.807, 2.05) is 0 Å². The molecule has 1 heterocycles. The maximum Gasteiger partial charge on any atom is 0.0252 e. The molecule has 2 aliphatic rings. The van der Waals surface area contributed by atoms with Gasteiger partial charge >= 0.3 is 0 Å². The van der Waals surface area contributed by atoms with E-state index in [1.165, 1.54) is 45.2 Å². The molecule has 1 N–H and O–H groups in total. The van der Waals surface area contributed by atoms with E-state index in [0.717, 1.165) is 12.0 Å². The molecule has 3 atom stereocenters. The van der Waals surface area contributed by atoms with Gasteiger partial charge in [-0.2, -0.15) is 0 Å². The Balaban J connectivity index is 2.09. The van der Waals surface area contributed by atoms with Crippen molar-refractivity contribution < 1.29 is 0 Å². The third-order valence-corrected chi connectivity index (χ3v) is 5.81. The second kappa shape index (κ2) is 5.96. The van der Waals surface area contributed by atoms with E-state index in [9.17, 15) is 0 Å². The van der Waals surface area contributed by atoms with E-state index in [0.29, 0.717) is 16.9 Å². The number of piperidine rings is 1. The van der Waals surface area contributed by atoms with Crippen LogP contribution in [0.2, 0.25) is 0 Å². The summed E-state index contributed by atoms with van der Waals surface area (Å²) in [7, 11) is 2.16. The number of nitrogens with zero attached hydrogens (tertiary/aromatic N) is 1. The van der Waals surface area contributed by atoms with Gasteiger partial charge in [-0.25, -0.2) is 0 Å². The Bertz CT molecular complexity index is 313. The topological polar surface area (TPSA) is 15.3 Å². The Morgan fingerprint density at radius 2 is 1.85 bits per heavy atom. The van der Waals surface area contributed by atoms with Gasteiger partial charge in [0.15, 0.2) is 0 Å². The van der Waals surface area contributed by atoms with Gasteiger partial charge in [0.25, 0.3) is 0 Å². The van der Waals surface area contributed by atoms with Crippen molar-refractivity contribution in [2.24, 2.45) is 16.7 Å². The Morgan fingerprint density at radius 3 is 2.40 bits per heavy atom. The molecule has 1 aliphatic carbocycles. The first-order valence-corrected chi connectivity index (χ1v) is 8.64. The van der Waals surface area contributed by atoms with Gasteiger partial charge in [0.2, 0.25) is 0 Å². The summed E-state index contributed by atoms with van der Waals surface area (Å²) in [5.74, 6) is 0.877. The quantitative estimate of drug-likeness (QED) is 0.825. The van der Waals surface area contributed by atoms with Crippen LogP contribution in [-0.2, 0) is 0 Å². The zero-order valence-corrected chi connectivity index (χ0v) is 14.6. The van der Waals surface area contributed by atoms with Crippen LogP contribution < -0.4 is 5.32 Å². The molecule has 20 heavy (non-hydrogen) atoms. The van der Waals surface area contributed by atoms with Crippen LogP contribution in [-0.4, -0.2) is 37.1 Å². The average molecular weight is 280 g/mol. The van der Waals surface area contributed by atoms with Crippen molar-refractivity contribution in [3.05, 3.63) is 0 Å². The molecule has 1 saturated carbocycles. The number of rotatable bonds is 2. The summed E-state index contributed by atoms with van der Waals surface area (Å²) in [4.78, 5) is 2.81. The molecule has 2 rings (SSSR count). The van der Waals surface area contributed by atoms with Crippen molar-refractivity contribution in [1.29, 1.82) is 0 Å². The summed E-state index contributed by atoms with van der Waals surface area (Å²) < 4.78 is 0. The highest BCUT2D eigenvalue weighted by atomic mass is 15.2. The van der Waals surface area contributed by atoms with Gasteiger partial charge in [-0.15, -0.1) is 0 Å². The van der Waals surface area contributed by atoms with Gasteiger partial charge in [-0.3, -0.25) is 4.90 Å². The predicted molar refractivity (Wildman–Crippen MR) is 88.0 cm³/mol. The molecular formula is C18H36N2. The van der Waals surface area contributed by atoms with Crippen LogP contribution in [0.15, 0.2) is 0 Å². The van der Waals surface area contributed by atoms with Crippen LogP contribution in [0.4, 0.5) is 0 Å². The minimum atomic E-state index is 0.461. The predicted octanol–water partition coefficient (Wildman–Crippen LogP) is 3.91. The molecule has 2 nitrogen and oxygen atoms in total. The van der Waals surface area contributed by atoms with Crippen molar-refractivity contribution in [2.75, 3.05) is 20.1 Å². The monoisotopic (exact) mass is 280 g/mol. The smallest absolute Gasteiger partial charge is 0.0252 e. The van der Waals surface area contributed by atoms with E-state index in [4.69, 9.17) is 0 Å². The number of nitrogens with one attached hydrogen (secondary N) is 1. The van der Waals surface area contributed by atoms with Gasteiger partial charge in [-0.05, 0) is 62.4 Å². The third-order valence-electron chi connectivity index (χ3n) is 5.81. The first-order chi connectivity index (χ1) is 9.23. The second-order valence-electron chi connectivity index (χ2n) is 9.08. The minimum Gasteiger partial charge on any atom is -0.315 e. The van der Waals surface area contributed by atoms with E-state index in [1.54, 1.807) is 0 Å². The van der Waals surface area contributed by atoms with Crippen LogP contribution >= 0.6 is 0 Å². The van der Waals surface area contributed by atoms with Crippen molar-refractivity contribution in [1.82, 2.24) is 10.2 Å². The van der Waals surface area contributed by atoms with Gasteiger partial charge in [-0.1, -0.05) is 34.6 Å². The van der Waals surface area contributed by atoms with E-state index in [-0.39, 0.29) is 0 Å². The number of hydrogen-bond acceptors (Lipinski definition) is 2. The fourth-order valence-electron chi connectivity index (χ4n) is 4.43. The van der Waals surface area contributed by atoms with Crippen LogP contribution in [0, 0.1) is 16.7 Å². The summed E-state index contributed by atoms with van der Waals surface area (Å²) in [5.41, 5.74) is 0.966. The fraction of sp³-hybridized carbons (Fsp3) is 1.00. The molecule has 0 aromatic carbocycles. The highest BCUT2D eigenvalue weighted by Crippen LogP contribution is 2.41. The van der Waals surface area contributed by atoms with E-state index >= 15 is 0 Å². The summed E-state index contributed by atoms with van der Waals surface area (Å²) in [5, 5.41) is 3.61. The van der Waals surface area contributed by atoms with E-state index in [2.05, 4.69) is 51.9 Å². The van der Waals surface area contributed by atoms with Crippen molar-refractivity contribution in [3.63, 3.8) is 0 Å². The standard InChI is InChI=1S/C18H36N2/c1-17(2,3)14-8-9-15(19-6)16(12-14)20-11-7-10-18(4,5)13-20/h14-16,19H,7-13H2,1-6H3. The Morgan fingerprint density at radius 1 is 1.15 bits per heavy atom. The summed E-state index contributed by atoms with van der Waals surface area (Å²) in [6.45, 7) is 14.8.